The van der Waals surface area contributed by atoms with Crippen molar-refractivity contribution in [3.63, 3.8) is 0 Å². The van der Waals surface area contributed by atoms with E-state index in [2.05, 4.69) is 35.8 Å². The highest BCUT2D eigenvalue weighted by Gasteiger charge is 2.29. The minimum atomic E-state index is 0.217. The summed E-state index contributed by atoms with van der Waals surface area (Å²) in [5.41, 5.74) is 0.217. The van der Waals surface area contributed by atoms with Crippen LogP contribution in [0.5, 0.6) is 0 Å². The summed E-state index contributed by atoms with van der Waals surface area (Å²) in [6.07, 6.45) is 3.16. The fourth-order valence-electron chi connectivity index (χ4n) is 2.21. The molecule has 1 heterocycles. The Morgan fingerprint density at radius 3 is 2.68 bits per heavy atom. The Balaban J connectivity index is 1.92. The first-order valence-corrected chi connectivity index (χ1v) is 7.13. The zero-order chi connectivity index (χ0) is 13.9. The van der Waals surface area contributed by atoms with Crippen molar-refractivity contribution in [2.45, 2.75) is 52.5 Å². The van der Waals surface area contributed by atoms with E-state index in [0.29, 0.717) is 18.4 Å². The minimum absolute atomic E-state index is 0.217. The Morgan fingerprint density at radius 1 is 1.37 bits per heavy atom. The molecule has 0 amide bonds. The van der Waals surface area contributed by atoms with Crippen LogP contribution >= 0.6 is 0 Å². The molecule has 0 atom stereocenters. The largest absolute Gasteiger partial charge is 0.396 e. The van der Waals surface area contributed by atoms with Crippen LogP contribution in [0.15, 0.2) is 4.52 Å². The van der Waals surface area contributed by atoms with Gasteiger partial charge in [-0.1, -0.05) is 25.9 Å². The lowest BCUT2D eigenvalue weighted by Gasteiger charge is -2.28. The van der Waals surface area contributed by atoms with Crippen LogP contribution < -0.4 is 0 Å². The van der Waals surface area contributed by atoms with E-state index in [9.17, 15) is 0 Å². The summed E-state index contributed by atoms with van der Waals surface area (Å²) in [6.45, 7) is 9.34. The second kappa shape index (κ2) is 6.01. The molecule has 1 aromatic heterocycles. The zero-order valence-electron chi connectivity index (χ0n) is 12.2. The summed E-state index contributed by atoms with van der Waals surface area (Å²) in [7, 11) is 0. The van der Waals surface area contributed by atoms with Crippen molar-refractivity contribution in [2.24, 2.45) is 5.41 Å². The third-order valence-electron chi connectivity index (χ3n) is 3.12. The van der Waals surface area contributed by atoms with Gasteiger partial charge in [-0.3, -0.25) is 4.90 Å². The predicted octanol–water partition coefficient (Wildman–Crippen LogP) is 2.18. The zero-order valence-corrected chi connectivity index (χ0v) is 12.2. The van der Waals surface area contributed by atoms with Gasteiger partial charge in [0, 0.05) is 25.6 Å². The van der Waals surface area contributed by atoms with Gasteiger partial charge in [0.1, 0.15) is 0 Å². The monoisotopic (exact) mass is 267 g/mol. The SMILES string of the molecule is CC(C)(C)CN(CCCO)Cc1nc(C2CC2)no1. The van der Waals surface area contributed by atoms with Crippen molar-refractivity contribution in [1.82, 2.24) is 15.0 Å². The van der Waals surface area contributed by atoms with E-state index in [4.69, 9.17) is 9.63 Å². The average molecular weight is 267 g/mol. The van der Waals surface area contributed by atoms with E-state index < -0.39 is 0 Å². The van der Waals surface area contributed by atoms with Gasteiger partial charge in [0.25, 0.3) is 0 Å². The summed E-state index contributed by atoms with van der Waals surface area (Å²) in [4.78, 5) is 6.75. The van der Waals surface area contributed by atoms with Crippen molar-refractivity contribution in [2.75, 3.05) is 19.7 Å². The number of hydrogen-bond donors (Lipinski definition) is 1. The number of hydrogen-bond acceptors (Lipinski definition) is 5. The molecule has 1 aromatic rings. The highest BCUT2D eigenvalue weighted by atomic mass is 16.5. The maximum Gasteiger partial charge on any atom is 0.240 e. The van der Waals surface area contributed by atoms with Gasteiger partial charge in [0.05, 0.1) is 6.54 Å². The molecule has 19 heavy (non-hydrogen) atoms. The first-order valence-electron chi connectivity index (χ1n) is 7.13. The fraction of sp³-hybridized carbons (Fsp3) is 0.857. The molecule has 0 radical (unpaired) electrons. The van der Waals surface area contributed by atoms with E-state index in [1.165, 1.54) is 12.8 Å². The third kappa shape index (κ3) is 4.91. The quantitative estimate of drug-likeness (QED) is 0.820. The lowest BCUT2D eigenvalue weighted by molar-refractivity contribution is 0.150. The van der Waals surface area contributed by atoms with Gasteiger partial charge < -0.3 is 9.63 Å². The molecule has 2 rings (SSSR count). The van der Waals surface area contributed by atoms with E-state index in [-0.39, 0.29) is 12.0 Å². The maximum atomic E-state index is 8.99. The van der Waals surface area contributed by atoms with Crippen LogP contribution in [0.25, 0.3) is 0 Å². The third-order valence-corrected chi connectivity index (χ3v) is 3.12. The Bertz CT molecular complexity index is 394. The molecule has 5 nitrogen and oxygen atoms in total. The van der Waals surface area contributed by atoms with Gasteiger partial charge in [-0.2, -0.15) is 4.98 Å². The van der Waals surface area contributed by atoms with Crippen molar-refractivity contribution < 1.29 is 9.63 Å². The van der Waals surface area contributed by atoms with Crippen LogP contribution in [0.4, 0.5) is 0 Å². The van der Waals surface area contributed by atoms with Gasteiger partial charge in [0.2, 0.25) is 5.89 Å². The fourth-order valence-corrected chi connectivity index (χ4v) is 2.21. The standard InChI is InChI=1S/C14H25N3O2/c1-14(2,3)10-17(7-4-8-18)9-12-15-13(16-19-12)11-5-6-11/h11,18H,4-10H2,1-3H3. The molecule has 1 N–H and O–H groups in total. The molecule has 1 fully saturated rings. The first-order chi connectivity index (χ1) is 8.98. The Kier molecular flexibility index (Phi) is 4.58. The normalized spacial score (nSPS) is 16.3. The summed E-state index contributed by atoms with van der Waals surface area (Å²) < 4.78 is 5.33. The topological polar surface area (TPSA) is 62.4 Å². The smallest absolute Gasteiger partial charge is 0.240 e. The van der Waals surface area contributed by atoms with Gasteiger partial charge in [0.15, 0.2) is 5.82 Å². The van der Waals surface area contributed by atoms with Crippen molar-refractivity contribution in [3.8, 4) is 0 Å². The second-order valence-electron chi connectivity index (χ2n) is 6.67. The van der Waals surface area contributed by atoms with Crippen LogP contribution in [0.2, 0.25) is 0 Å². The molecule has 0 aliphatic heterocycles. The molecular weight excluding hydrogens is 242 g/mol. The summed E-state index contributed by atoms with van der Waals surface area (Å²) in [5.74, 6) is 2.10. The number of aromatic nitrogens is 2. The molecule has 0 saturated heterocycles. The molecule has 1 aliphatic rings. The van der Waals surface area contributed by atoms with Gasteiger partial charge in [-0.05, 0) is 24.7 Å². The van der Waals surface area contributed by atoms with Crippen LogP contribution in [0.3, 0.4) is 0 Å². The molecule has 5 heteroatoms. The lowest BCUT2D eigenvalue weighted by Crippen LogP contribution is -2.33. The van der Waals surface area contributed by atoms with E-state index in [0.717, 1.165) is 25.3 Å². The average Bonchev–Trinajstić information content (AvgIpc) is 3.06. The summed E-state index contributed by atoms with van der Waals surface area (Å²) in [6, 6.07) is 0. The number of nitrogens with zero attached hydrogens (tertiary/aromatic N) is 3. The molecule has 0 spiro atoms. The lowest BCUT2D eigenvalue weighted by atomic mass is 9.96. The number of aliphatic hydroxyl groups is 1. The van der Waals surface area contributed by atoms with E-state index in [1.54, 1.807) is 0 Å². The summed E-state index contributed by atoms with van der Waals surface area (Å²) in [5, 5.41) is 13.0. The van der Waals surface area contributed by atoms with Crippen molar-refractivity contribution >= 4 is 0 Å². The highest BCUT2D eigenvalue weighted by Crippen LogP contribution is 2.38. The van der Waals surface area contributed by atoms with Crippen molar-refractivity contribution in [1.29, 1.82) is 0 Å². The van der Waals surface area contributed by atoms with Gasteiger partial charge in [-0.25, -0.2) is 0 Å². The molecule has 0 aromatic carbocycles. The van der Waals surface area contributed by atoms with Crippen LogP contribution in [-0.4, -0.2) is 39.8 Å². The minimum Gasteiger partial charge on any atom is -0.396 e. The maximum absolute atomic E-state index is 8.99. The van der Waals surface area contributed by atoms with Crippen LogP contribution in [-0.2, 0) is 6.54 Å². The van der Waals surface area contributed by atoms with Crippen molar-refractivity contribution in [3.05, 3.63) is 11.7 Å². The Hall–Kier alpha value is -0.940. The van der Waals surface area contributed by atoms with E-state index >= 15 is 0 Å². The van der Waals surface area contributed by atoms with Crippen LogP contribution in [0.1, 0.15) is 57.7 Å². The van der Waals surface area contributed by atoms with Crippen LogP contribution in [0, 0.1) is 5.41 Å². The van der Waals surface area contributed by atoms with Gasteiger partial charge >= 0.3 is 0 Å². The predicted molar refractivity (Wildman–Crippen MR) is 72.7 cm³/mol. The Labute approximate surface area is 115 Å². The molecular formula is C14H25N3O2. The summed E-state index contributed by atoms with van der Waals surface area (Å²) >= 11 is 0. The first kappa shape index (κ1) is 14.5. The second-order valence-corrected chi connectivity index (χ2v) is 6.67. The molecule has 1 saturated carbocycles. The molecule has 0 bridgehead atoms. The highest BCUT2D eigenvalue weighted by molar-refractivity contribution is 5.03. The molecule has 1 aliphatic carbocycles. The molecule has 0 unspecified atom stereocenters. The van der Waals surface area contributed by atoms with Gasteiger partial charge in [-0.15, -0.1) is 0 Å². The van der Waals surface area contributed by atoms with E-state index in [1.807, 2.05) is 0 Å². The Morgan fingerprint density at radius 2 is 2.11 bits per heavy atom. The number of aliphatic hydroxyl groups excluding tert-OH is 1. The number of rotatable bonds is 7. The molecule has 108 valence electrons.